The number of aromatic nitrogens is 1. The molecule has 1 aromatic heterocycles. The van der Waals surface area contributed by atoms with Gasteiger partial charge in [0.1, 0.15) is 4.32 Å². The van der Waals surface area contributed by atoms with Crippen molar-refractivity contribution in [3.8, 4) is 0 Å². The summed E-state index contributed by atoms with van der Waals surface area (Å²) in [5, 5.41) is 1.05. The van der Waals surface area contributed by atoms with Crippen LogP contribution < -0.4 is 0 Å². The van der Waals surface area contributed by atoms with E-state index in [2.05, 4.69) is 4.98 Å². The predicted octanol–water partition coefficient (Wildman–Crippen LogP) is 3.83. The third kappa shape index (κ3) is 2.39. The third-order valence-electron chi connectivity index (χ3n) is 3.01. The van der Waals surface area contributed by atoms with Gasteiger partial charge in [-0.2, -0.15) is 0 Å². The fourth-order valence-corrected chi connectivity index (χ4v) is 4.27. The van der Waals surface area contributed by atoms with Crippen molar-refractivity contribution >= 4 is 61.8 Å². The minimum atomic E-state index is -0.00273. The summed E-state index contributed by atoms with van der Waals surface area (Å²) in [6.07, 6.45) is 1.89. The van der Waals surface area contributed by atoms with Gasteiger partial charge in [0.05, 0.1) is 20.1 Å². The number of thioether (sulfide) groups is 1. The Morgan fingerprint density at radius 3 is 2.95 bits per heavy atom. The molecular formula is C14H12N2OS3. The maximum Gasteiger partial charge on any atom is 0.266 e. The van der Waals surface area contributed by atoms with Crippen molar-refractivity contribution in [1.82, 2.24) is 9.88 Å². The van der Waals surface area contributed by atoms with E-state index in [9.17, 15) is 4.79 Å². The van der Waals surface area contributed by atoms with Crippen LogP contribution in [0.4, 0.5) is 0 Å². The van der Waals surface area contributed by atoms with Crippen LogP contribution in [0.1, 0.15) is 17.5 Å². The highest BCUT2D eigenvalue weighted by atomic mass is 32.2. The fraction of sp³-hybridized carbons (Fsp3) is 0.214. The Morgan fingerprint density at radius 1 is 1.45 bits per heavy atom. The lowest BCUT2D eigenvalue weighted by Crippen LogP contribution is -2.27. The molecule has 102 valence electrons. The minimum Gasteiger partial charge on any atom is -0.293 e. The van der Waals surface area contributed by atoms with E-state index in [-0.39, 0.29) is 5.91 Å². The number of thiocarbonyl (C=S) groups is 1. The lowest BCUT2D eigenvalue weighted by molar-refractivity contribution is -0.121. The molecule has 0 spiro atoms. The van der Waals surface area contributed by atoms with Crippen molar-refractivity contribution in [2.45, 2.75) is 13.8 Å². The normalized spacial score (nSPS) is 17.7. The summed E-state index contributed by atoms with van der Waals surface area (Å²) in [6, 6.07) is 6.07. The zero-order valence-electron chi connectivity index (χ0n) is 11.0. The third-order valence-corrected chi connectivity index (χ3v) is 5.34. The van der Waals surface area contributed by atoms with Gasteiger partial charge >= 0.3 is 0 Å². The Kier molecular flexibility index (Phi) is 3.62. The lowest BCUT2D eigenvalue weighted by atomic mass is 10.2. The molecule has 0 N–H and O–H groups in total. The van der Waals surface area contributed by atoms with Gasteiger partial charge in [0, 0.05) is 6.54 Å². The predicted molar refractivity (Wildman–Crippen MR) is 89.9 cm³/mol. The highest BCUT2D eigenvalue weighted by Crippen LogP contribution is 2.33. The molecule has 0 unspecified atom stereocenters. The zero-order chi connectivity index (χ0) is 14.3. The largest absolute Gasteiger partial charge is 0.293 e. The molecule has 1 amide bonds. The Morgan fingerprint density at radius 2 is 2.25 bits per heavy atom. The second-order valence-corrected chi connectivity index (χ2v) is 7.30. The van der Waals surface area contributed by atoms with Gasteiger partial charge < -0.3 is 0 Å². The minimum absolute atomic E-state index is 0.00273. The highest BCUT2D eigenvalue weighted by molar-refractivity contribution is 8.26. The molecule has 0 atom stereocenters. The van der Waals surface area contributed by atoms with E-state index in [1.807, 2.05) is 38.1 Å². The molecule has 0 radical (unpaired) electrons. The zero-order valence-corrected chi connectivity index (χ0v) is 13.5. The molecule has 3 nitrogen and oxygen atoms in total. The van der Waals surface area contributed by atoms with Gasteiger partial charge in [0.15, 0.2) is 0 Å². The van der Waals surface area contributed by atoms with E-state index in [4.69, 9.17) is 12.2 Å². The quantitative estimate of drug-likeness (QED) is 0.622. The Hall–Kier alpha value is -1.24. The van der Waals surface area contributed by atoms with Crippen LogP contribution in [0, 0.1) is 6.92 Å². The Balaban J connectivity index is 1.98. The van der Waals surface area contributed by atoms with Crippen LogP contribution in [0.25, 0.3) is 16.3 Å². The second kappa shape index (κ2) is 5.27. The molecule has 2 heterocycles. The molecule has 0 aliphatic carbocycles. The first-order valence-corrected chi connectivity index (χ1v) is 8.25. The molecule has 1 aromatic carbocycles. The maximum absolute atomic E-state index is 12.2. The fourth-order valence-electron chi connectivity index (χ4n) is 2.07. The number of benzene rings is 1. The number of carbonyl (C=O) groups is 1. The second-order valence-electron chi connectivity index (χ2n) is 4.39. The Bertz CT molecular complexity index is 748. The molecule has 2 aromatic rings. The van der Waals surface area contributed by atoms with Crippen LogP contribution in [0.15, 0.2) is 23.1 Å². The lowest BCUT2D eigenvalue weighted by Gasteiger charge is -2.09. The summed E-state index contributed by atoms with van der Waals surface area (Å²) in [5.41, 5.74) is 1.96. The van der Waals surface area contributed by atoms with Crippen molar-refractivity contribution in [2.24, 2.45) is 0 Å². The summed E-state index contributed by atoms with van der Waals surface area (Å²) in [5.74, 6) is -0.00273. The van der Waals surface area contributed by atoms with Gasteiger partial charge in [-0.05, 0) is 37.6 Å². The molecule has 1 saturated heterocycles. The molecule has 1 aliphatic heterocycles. The summed E-state index contributed by atoms with van der Waals surface area (Å²) in [7, 11) is 0. The van der Waals surface area contributed by atoms with Gasteiger partial charge in [-0.25, -0.2) is 4.98 Å². The average molecular weight is 320 g/mol. The number of nitrogens with zero attached hydrogens (tertiary/aromatic N) is 2. The monoisotopic (exact) mass is 320 g/mol. The first-order valence-electron chi connectivity index (χ1n) is 6.21. The van der Waals surface area contributed by atoms with E-state index < -0.39 is 0 Å². The number of amides is 1. The molecule has 1 fully saturated rings. The van der Waals surface area contributed by atoms with Crippen molar-refractivity contribution < 1.29 is 4.79 Å². The molecule has 20 heavy (non-hydrogen) atoms. The van der Waals surface area contributed by atoms with Gasteiger partial charge in [-0.3, -0.25) is 9.69 Å². The van der Waals surface area contributed by atoms with E-state index in [0.717, 1.165) is 16.1 Å². The van der Waals surface area contributed by atoms with Gasteiger partial charge in [0.25, 0.3) is 5.91 Å². The number of hydrogen-bond acceptors (Lipinski definition) is 5. The van der Waals surface area contributed by atoms with E-state index >= 15 is 0 Å². The topological polar surface area (TPSA) is 33.2 Å². The summed E-state index contributed by atoms with van der Waals surface area (Å²) >= 11 is 8.25. The van der Waals surface area contributed by atoms with E-state index in [1.165, 1.54) is 16.5 Å². The maximum atomic E-state index is 12.2. The number of thiazole rings is 1. The molecule has 0 saturated carbocycles. The van der Waals surface area contributed by atoms with Crippen LogP contribution in [0.5, 0.6) is 0 Å². The van der Waals surface area contributed by atoms with Crippen LogP contribution in [-0.2, 0) is 4.79 Å². The van der Waals surface area contributed by atoms with Gasteiger partial charge in [-0.15, -0.1) is 11.3 Å². The SMILES string of the molecule is CCN1C(=O)/C(=C\c2ccc3sc(C)nc3c2)SC1=S. The van der Waals surface area contributed by atoms with E-state index in [1.54, 1.807) is 16.2 Å². The standard InChI is InChI=1S/C14H12N2OS3/c1-3-16-13(17)12(20-14(16)18)7-9-4-5-11-10(6-9)15-8(2)19-11/h4-7H,3H2,1-2H3/b12-7+. The van der Waals surface area contributed by atoms with Gasteiger partial charge in [-0.1, -0.05) is 30.0 Å². The smallest absolute Gasteiger partial charge is 0.266 e. The number of fused-ring (bicyclic) bond motifs is 1. The van der Waals surface area contributed by atoms with Crippen LogP contribution in [0.2, 0.25) is 0 Å². The summed E-state index contributed by atoms with van der Waals surface area (Å²) in [6.45, 7) is 4.54. The molecule has 0 bridgehead atoms. The van der Waals surface area contributed by atoms with Crippen molar-refractivity contribution in [3.05, 3.63) is 33.7 Å². The Labute approximate surface area is 130 Å². The number of likely N-dealkylation sites (N-methyl/N-ethyl adjacent to an activating group) is 1. The first-order chi connectivity index (χ1) is 9.58. The van der Waals surface area contributed by atoms with Crippen molar-refractivity contribution in [2.75, 3.05) is 6.54 Å². The molecular weight excluding hydrogens is 308 g/mol. The van der Waals surface area contributed by atoms with Crippen molar-refractivity contribution in [1.29, 1.82) is 0 Å². The molecule has 6 heteroatoms. The van der Waals surface area contributed by atoms with Gasteiger partial charge in [0.2, 0.25) is 0 Å². The molecule has 3 rings (SSSR count). The van der Waals surface area contributed by atoms with Crippen LogP contribution >= 0.6 is 35.3 Å². The summed E-state index contributed by atoms with van der Waals surface area (Å²) in [4.78, 5) is 18.9. The average Bonchev–Trinajstić information content (AvgIpc) is 2.89. The van der Waals surface area contributed by atoms with Crippen LogP contribution in [-0.4, -0.2) is 26.7 Å². The number of hydrogen-bond donors (Lipinski definition) is 0. The van der Waals surface area contributed by atoms with Crippen LogP contribution in [0.3, 0.4) is 0 Å². The van der Waals surface area contributed by atoms with E-state index in [0.29, 0.717) is 15.8 Å². The number of aryl methyl sites for hydroxylation is 1. The highest BCUT2D eigenvalue weighted by Gasteiger charge is 2.30. The first kappa shape index (κ1) is 13.7. The molecule has 1 aliphatic rings. The number of carbonyl (C=O) groups excluding carboxylic acids is 1. The summed E-state index contributed by atoms with van der Waals surface area (Å²) < 4.78 is 1.80. The number of rotatable bonds is 2. The van der Waals surface area contributed by atoms with Crippen molar-refractivity contribution in [3.63, 3.8) is 0 Å².